The zero-order chi connectivity index (χ0) is 33.7. The Bertz CT molecular complexity index is 2740. The van der Waals surface area contributed by atoms with E-state index in [9.17, 15) is 0 Å². The van der Waals surface area contributed by atoms with Crippen molar-refractivity contribution >= 4 is 43.4 Å². The highest BCUT2D eigenvalue weighted by atomic mass is 15.0. The minimum atomic E-state index is 0.948. The first-order valence-corrected chi connectivity index (χ1v) is 17.3. The Hall–Kier alpha value is -6.84. The Balaban J connectivity index is 1.11. The van der Waals surface area contributed by atoms with E-state index in [1.165, 1.54) is 32.3 Å². The topological polar surface area (TPSA) is 30.7 Å². The van der Waals surface area contributed by atoms with E-state index in [1.54, 1.807) is 0 Å². The largest absolute Gasteiger partial charge is 0.309 e. The SMILES string of the molecule is c1ccc(-n2c3ccc(-c4cccc(-c5ccc6ccccc6c5)n4)cc3c3cc(-c4cccc(-c5ccc6ccccc6c5)n4)ccc32)cc1. The fourth-order valence-electron chi connectivity index (χ4n) is 7.41. The number of hydrogen-bond acceptors (Lipinski definition) is 2. The maximum Gasteiger partial charge on any atom is 0.0709 e. The predicted octanol–water partition coefficient (Wildman–Crippen LogP) is 12.5. The molecule has 3 heterocycles. The predicted molar refractivity (Wildman–Crippen MR) is 213 cm³/mol. The molecule has 0 aliphatic heterocycles. The third-order valence-corrected chi connectivity index (χ3v) is 9.96. The van der Waals surface area contributed by atoms with Gasteiger partial charge in [-0.05, 0) is 94.3 Å². The van der Waals surface area contributed by atoms with Crippen LogP contribution in [0.1, 0.15) is 0 Å². The van der Waals surface area contributed by atoms with Gasteiger partial charge in [0.1, 0.15) is 0 Å². The van der Waals surface area contributed by atoms with Crippen molar-refractivity contribution in [2.45, 2.75) is 0 Å². The summed E-state index contributed by atoms with van der Waals surface area (Å²) in [6.07, 6.45) is 0. The number of nitrogens with zero attached hydrogens (tertiary/aromatic N) is 3. The molecule has 51 heavy (non-hydrogen) atoms. The van der Waals surface area contributed by atoms with Crippen LogP contribution >= 0.6 is 0 Å². The molecule has 0 saturated carbocycles. The van der Waals surface area contributed by atoms with Crippen LogP contribution in [-0.4, -0.2) is 14.5 Å². The third kappa shape index (κ3) is 5.15. The lowest BCUT2D eigenvalue weighted by Gasteiger charge is -2.09. The van der Waals surface area contributed by atoms with E-state index >= 15 is 0 Å². The zero-order valence-electron chi connectivity index (χ0n) is 27.7. The lowest BCUT2D eigenvalue weighted by Crippen LogP contribution is -1.93. The molecule has 0 spiro atoms. The quantitative estimate of drug-likeness (QED) is 0.186. The summed E-state index contributed by atoms with van der Waals surface area (Å²) in [5, 5.41) is 7.24. The zero-order valence-corrected chi connectivity index (χ0v) is 27.7. The molecule has 10 rings (SSSR count). The molecular weight excluding hydrogens is 619 g/mol. The fraction of sp³-hybridized carbons (Fsp3) is 0. The van der Waals surface area contributed by atoms with Crippen molar-refractivity contribution in [1.29, 1.82) is 0 Å². The summed E-state index contributed by atoms with van der Waals surface area (Å²) in [6, 6.07) is 66.7. The highest BCUT2D eigenvalue weighted by Gasteiger charge is 2.16. The minimum Gasteiger partial charge on any atom is -0.309 e. The summed E-state index contributed by atoms with van der Waals surface area (Å²) in [7, 11) is 0. The number of rotatable bonds is 5. The molecule has 7 aromatic carbocycles. The highest BCUT2D eigenvalue weighted by Crippen LogP contribution is 2.37. The number of pyridine rings is 2. The minimum absolute atomic E-state index is 0.948. The molecule has 0 amide bonds. The smallest absolute Gasteiger partial charge is 0.0709 e. The molecule has 10 aromatic rings. The first-order chi connectivity index (χ1) is 25.2. The number of hydrogen-bond donors (Lipinski definition) is 0. The van der Waals surface area contributed by atoms with Gasteiger partial charge in [-0.25, -0.2) is 9.97 Å². The Kier molecular flexibility index (Phi) is 6.81. The van der Waals surface area contributed by atoms with Gasteiger partial charge in [0.2, 0.25) is 0 Å². The molecule has 3 aromatic heterocycles. The standard InChI is InChI=1S/C48H31N3/c1-2-14-40(15-3-1)51-47-26-24-38(45-18-8-16-43(49-45)36-22-20-32-10-4-6-12-34(32)28-36)30-41(47)42-31-39(25-27-48(42)51)46-19-9-17-44(50-46)37-23-21-33-11-5-7-13-35(33)29-37/h1-31H. The van der Waals surface area contributed by atoms with Crippen LogP contribution in [0.4, 0.5) is 0 Å². The van der Waals surface area contributed by atoms with Gasteiger partial charge in [-0.3, -0.25) is 0 Å². The van der Waals surface area contributed by atoms with Crippen molar-refractivity contribution in [3.63, 3.8) is 0 Å². The van der Waals surface area contributed by atoms with E-state index in [2.05, 4.69) is 193 Å². The number of para-hydroxylation sites is 1. The van der Waals surface area contributed by atoms with Crippen LogP contribution in [0.25, 0.3) is 94.1 Å². The van der Waals surface area contributed by atoms with Crippen LogP contribution in [-0.2, 0) is 0 Å². The summed E-state index contributed by atoms with van der Waals surface area (Å²) in [5.41, 5.74) is 11.6. The van der Waals surface area contributed by atoms with E-state index in [-0.39, 0.29) is 0 Å². The maximum absolute atomic E-state index is 5.18. The van der Waals surface area contributed by atoms with Gasteiger partial charge in [0, 0.05) is 38.7 Å². The highest BCUT2D eigenvalue weighted by molar-refractivity contribution is 6.11. The first kappa shape index (κ1) is 29.1. The third-order valence-electron chi connectivity index (χ3n) is 9.96. The maximum atomic E-state index is 5.18. The Labute approximate surface area is 295 Å². The van der Waals surface area contributed by atoms with Gasteiger partial charge in [-0.15, -0.1) is 0 Å². The molecular formula is C48H31N3. The number of aromatic nitrogens is 3. The van der Waals surface area contributed by atoms with Gasteiger partial charge in [0.15, 0.2) is 0 Å². The number of benzene rings is 7. The molecule has 0 bridgehead atoms. The van der Waals surface area contributed by atoms with E-state index in [0.29, 0.717) is 0 Å². The molecule has 0 radical (unpaired) electrons. The molecule has 0 unspecified atom stereocenters. The Morgan fingerprint density at radius 2 is 0.686 bits per heavy atom. The van der Waals surface area contributed by atoms with Crippen LogP contribution in [0.5, 0.6) is 0 Å². The molecule has 3 heteroatoms. The number of fused-ring (bicyclic) bond motifs is 5. The Morgan fingerprint density at radius 1 is 0.294 bits per heavy atom. The molecule has 238 valence electrons. The Morgan fingerprint density at radius 3 is 1.16 bits per heavy atom. The molecule has 0 aliphatic rings. The van der Waals surface area contributed by atoms with E-state index in [4.69, 9.17) is 9.97 Å². The second kappa shape index (κ2) is 11.9. The summed E-state index contributed by atoms with van der Waals surface area (Å²) in [6.45, 7) is 0. The van der Waals surface area contributed by atoms with Gasteiger partial charge < -0.3 is 4.57 Å². The van der Waals surface area contributed by atoms with Crippen molar-refractivity contribution in [3.05, 3.63) is 188 Å². The van der Waals surface area contributed by atoms with Crippen LogP contribution in [0.3, 0.4) is 0 Å². The van der Waals surface area contributed by atoms with Crippen LogP contribution in [0.15, 0.2) is 188 Å². The second-order valence-corrected chi connectivity index (χ2v) is 13.1. The summed E-state index contributed by atoms with van der Waals surface area (Å²) < 4.78 is 2.36. The van der Waals surface area contributed by atoms with Gasteiger partial charge in [0.05, 0.1) is 33.8 Å². The molecule has 0 atom stereocenters. The lowest BCUT2D eigenvalue weighted by atomic mass is 10.0. The van der Waals surface area contributed by atoms with Crippen LogP contribution in [0.2, 0.25) is 0 Å². The van der Waals surface area contributed by atoms with Crippen molar-refractivity contribution in [2.24, 2.45) is 0 Å². The molecule has 0 N–H and O–H groups in total. The normalized spacial score (nSPS) is 11.5. The average molecular weight is 650 g/mol. The molecule has 0 aliphatic carbocycles. The van der Waals surface area contributed by atoms with Gasteiger partial charge in [0.25, 0.3) is 0 Å². The van der Waals surface area contributed by atoms with Crippen molar-refractivity contribution in [2.75, 3.05) is 0 Å². The lowest BCUT2D eigenvalue weighted by molar-refractivity contribution is 1.18. The first-order valence-electron chi connectivity index (χ1n) is 17.3. The van der Waals surface area contributed by atoms with Crippen LogP contribution < -0.4 is 0 Å². The fourth-order valence-corrected chi connectivity index (χ4v) is 7.41. The van der Waals surface area contributed by atoms with E-state index in [0.717, 1.165) is 61.8 Å². The van der Waals surface area contributed by atoms with Crippen molar-refractivity contribution < 1.29 is 0 Å². The summed E-state index contributed by atoms with van der Waals surface area (Å²) in [4.78, 5) is 10.4. The van der Waals surface area contributed by atoms with Crippen molar-refractivity contribution in [1.82, 2.24) is 14.5 Å². The average Bonchev–Trinajstić information content (AvgIpc) is 3.54. The van der Waals surface area contributed by atoms with Crippen LogP contribution in [0, 0.1) is 0 Å². The van der Waals surface area contributed by atoms with E-state index in [1.807, 2.05) is 0 Å². The van der Waals surface area contributed by atoms with Crippen molar-refractivity contribution in [3.8, 4) is 50.7 Å². The van der Waals surface area contributed by atoms with Gasteiger partial charge >= 0.3 is 0 Å². The molecule has 0 saturated heterocycles. The monoisotopic (exact) mass is 649 g/mol. The van der Waals surface area contributed by atoms with E-state index < -0.39 is 0 Å². The molecule has 3 nitrogen and oxygen atoms in total. The van der Waals surface area contributed by atoms with Gasteiger partial charge in [-0.2, -0.15) is 0 Å². The second-order valence-electron chi connectivity index (χ2n) is 13.1. The molecule has 0 fully saturated rings. The summed E-state index contributed by atoms with van der Waals surface area (Å²) >= 11 is 0. The summed E-state index contributed by atoms with van der Waals surface area (Å²) in [5.74, 6) is 0. The van der Waals surface area contributed by atoms with Gasteiger partial charge in [-0.1, -0.05) is 115 Å².